The first-order valence-electron chi connectivity index (χ1n) is 5.62. The number of carbonyl (C=O) groups excluding carboxylic acids is 1. The van der Waals surface area contributed by atoms with Crippen LogP contribution in [0, 0.1) is 0 Å². The molecule has 0 aliphatic carbocycles. The SMILES string of the molecule is NC(=NOC(=O)c1cccc(Cl)c1)c1cccc(Br)c1. The summed E-state index contributed by atoms with van der Waals surface area (Å²) in [6.45, 7) is 0. The lowest BCUT2D eigenvalue weighted by Gasteiger charge is -2.02. The van der Waals surface area contributed by atoms with Gasteiger partial charge in [-0.3, -0.25) is 0 Å². The monoisotopic (exact) mass is 352 g/mol. The van der Waals surface area contributed by atoms with Gasteiger partial charge in [0.15, 0.2) is 5.84 Å². The van der Waals surface area contributed by atoms with Crippen molar-refractivity contribution < 1.29 is 9.63 Å². The number of nitrogens with two attached hydrogens (primary N) is 1. The molecule has 0 unspecified atom stereocenters. The maximum absolute atomic E-state index is 11.7. The molecule has 0 aliphatic rings. The van der Waals surface area contributed by atoms with Gasteiger partial charge < -0.3 is 10.6 Å². The average molecular weight is 354 g/mol. The summed E-state index contributed by atoms with van der Waals surface area (Å²) in [5.41, 5.74) is 6.71. The predicted octanol–water partition coefficient (Wildman–Crippen LogP) is 3.58. The molecule has 0 saturated carbocycles. The molecular formula is C14H10BrClN2O2. The molecule has 0 bridgehead atoms. The molecule has 0 radical (unpaired) electrons. The molecule has 2 N–H and O–H groups in total. The Morgan fingerprint density at radius 1 is 1.15 bits per heavy atom. The minimum absolute atomic E-state index is 0.113. The zero-order chi connectivity index (χ0) is 14.5. The van der Waals surface area contributed by atoms with E-state index in [0.29, 0.717) is 16.1 Å². The van der Waals surface area contributed by atoms with Crippen molar-refractivity contribution in [2.75, 3.05) is 0 Å². The van der Waals surface area contributed by atoms with Crippen molar-refractivity contribution in [3.63, 3.8) is 0 Å². The number of hydrogen-bond donors (Lipinski definition) is 1. The van der Waals surface area contributed by atoms with E-state index in [-0.39, 0.29) is 5.84 Å². The predicted molar refractivity (Wildman–Crippen MR) is 81.7 cm³/mol. The minimum atomic E-state index is -0.620. The van der Waals surface area contributed by atoms with Crippen LogP contribution in [0.25, 0.3) is 0 Å². The third kappa shape index (κ3) is 3.82. The summed E-state index contributed by atoms with van der Waals surface area (Å²) < 4.78 is 0.856. The van der Waals surface area contributed by atoms with Gasteiger partial charge in [0, 0.05) is 15.1 Å². The highest BCUT2D eigenvalue weighted by molar-refractivity contribution is 9.10. The van der Waals surface area contributed by atoms with E-state index in [1.54, 1.807) is 36.4 Å². The topological polar surface area (TPSA) is 64.7 Å². The molecule has 2 rings (SSSR count). The van der Waals surface area contributed by atoms with Gasteiger partial charge in [0.1, 0.15) is 0 Å². The molecule has 0 amide bonds. The van der Waals surface area contributed by atoms with Gasteiger partial charge in [-0.25, -0.2) is 4.79 Å². The average Bonchev–Trinajstić information content (AvgIpc) is 2.44. The molecule has 0 fully saturated rings. The summed E-state index contributed by atoms with van der Waals surface area (Å²) in [6, 6.07) is 13.6. The maximum Gasteiger partial charge on any atom is 0.365 e. The molecule has 20 heavy (non-hydrogen) atoms. The van der Waals surface area contributed by atoms with E-state index in [4.69, 9.17) is 22.2 Å². The minimum Gasteiger partial charge on any atom is -0.380 e. The van der Waals surface area contributed by atoms with Gasteiger partial charge in [-0.2, -0.15) is 0 Å². The van der Waals surface area contributed by atoms with Crippen LogP contribution in [0.5, 0.6) is 0 Å². The second kappa shape index (κ2) is 6.54. The zero-order valence-corrected chi connectivity index (χ0v) is 12.6. The van der Waals surface area contributed by atoms with Crippen LogP contribution in [0.15, 0.2) is 58.2 Å². The molecule has 0 spiro atoms. The number of rotatable bonds is 3. The van der Waals surface area contributed by atoms with E-state index < -0.39 is 5.97 Å². The molecule has 2 aromatic carbocycles. The number of oxime groups is 1. The molecule has 4 nitrogen and oxygen atoms in total. The largest absolute Gasteiger partial charge is 0.380 e. The smallest absolute Gasteiger partial charge is 0.365 e. The Labute approximate surface area is 129 Å². The zero-order valence-electron chi connectivity index (χ0n) is 10.2. The van der Waals surface area contributed by atoms with Gasteiger partial charge in [0.2, 0.25) is 0 Å². The second-order valence-electron chi connectivity index (χ2n) is 3.88. The normalized spacial score (nSPS) is 11.2. The maximum atomic E-state index is 11.7. The Balaban J connectivity index is 2.11. The van der Waals surface area contributed by atoms with Crippen molar-refractivity contribution in [1.29, 1.82) is 0 Å². The van der Waals surface area contributed by atoms with E-state index in [0.717, 1.165) is 4.47 Å². The van der Waals surface area contributed by atoms with E-state index in [1.807, 2.05) is 6.07 Å². The molecule has 2 aromatic rings. The van der Waals surface area contributed by atoms with Gasteiger partial charge in [0.05, 0.1) is 5.56 Å². The van der Waals surface area contributed by atoms with Crippen LogP contribution in [-0.2, 0) is 4.84 Å². The van der Waals surface area contributed by atoms with E-state index >= 15 is 0 Å². The lowest BCUT2D eigenvalue weighted by Crippen LogP contribution is -2.15. The van der Waals surface area contributed by atoms with Crippen molar-refractivity contribution in [2.45, 2.75) is 0 Å². The molecular weight excluding hydrogens is 344 g/mol. The lowest BCUT2D eigenvalue weighted by atomic mass is 10.2. The first kappa shape index (κ1) is 14.6. The Hall–Kier alpha value is -1.85. The quantitative estimate of drug-likeness (QED) is 0.397. The molecule has 0 aromatic heterocycles. The van der Waals surface area contributed by atoms with Crippen molar-refractivity contribution in [3.05, 3.63) is 69.2 Å². The van der Waals surface area contributed by atoms with E-state index in [1.165, 1.54) is 6.07 Å². The summed E-state index contributed by atoms with van der Waals surface area (Å²) in [6.07, 6.45) is 0. The first-order valence-corrected chi connectivity index (χ1v) is 6.79. The van der Waals surface area contributed by atoms with Crippen LogP contribution in [0.3, 0.4) is 0 Å². The third-order valence-corrected chi connectivity index (χ3v) is 3.14. The second-order valence-corrected chi connectivity index (χ2v) is 5.23. The number of nitrogens with zero attached hydrogens (tertiary/aromatic N) is 1. The van der Waals surface area contributed by atoms with E-state index in [2.05, 4.69) is 21.1 Å². The number of halogens is 2. The highest BCUT2D eigenvalue weighted by atomic mass is 79.9. The first-order chi connectivity index (χ1) is 9.56. The van der Waals surface area contributed by atoms with Crippen LogP contribution >= 0.6 is 27.5 Å². The standard InChI is InChI=1S/C14H10BrClN2O2/c15-11-5-1-3-9(7-11)13(17)18-20-14(19)10-4-2-6-12(16)8-10/h1-8H,(H2,17,18). The lowest BCUT2D eigenvalue weighted by molar-refractivity contribution is 0.0516. The van der Waals surface area contributed by atoms with Crippen LogP contribution in [0.1, 0.15) is 15.9 Å². The number of benzene rings is 2. The summed E-state index contributed by atoms with van der Waals surface area (Å²) in [7, 11) is 0. The Morgan fingerprint density at radius 3 is 2.55 bits per heavy atom. The van der Waals surface area contributed by atoms with Crippen molar-refractivity contribution in [1.82, 2.24) is 0 Å². The molecule has 0 saturated heterocycles. The van der Waals surface area contributed by atoms with Crippen molar-refractivity contribution in [2.24, 2.45) is 10.9 Å². The Bertz CT molecular complexity index is 674. The fourth-order valence-electron chi connectivity index (χ4n) is 1.46. The van der Waals surface area contributed by atoms with E-state index in [9.17, 15) is 4.79 Å². The van der Waals surface area contributed by atoms with Crippen LogP contribution in [0.2, 0.25) is 5.02 Å². The van der Waals surface area contributed by atoms with Gasteiger partial charge in [-0.1, -0.05) is 50.9 Å². The summed E-state index contributed by atoms with van der Waals surface area (Å²) in [4.78, 5) is 16.5. The molecule has 6 heteroatoms. The summed E-state index contributed by atoms with van der Waals surface area (Å²) in [5, 5.41) is 4.07. The fourth-order valence-corrected chi connectivity index (χ4v) is 2.05. The van der Waals surface area contributed by atoms with Crippen molar-refractivity contribution in [3.8, 4) is 0 Å². The number of carbonyl (C=O) groups is 1. The highest BCUT2D eigenvalue weighted by Gasteiger charge is 2.08. The molecule has 0 aliphatic heterocycles. The van der Waals surface area contributed by atoms with Crippen LogP contribution in [0.4, 0.5) is 0 Å². The third-order valence-electron chi connectivity index (χ3n) is 2.41. The summed E-state index contributed by atoms with van der Waals surface area (Å²) >= 11 is 9.11. The van der Waals surface area contributed by atoms with Crippen LogP contribution in [-0.4, -0.2) is 11.8 Å². The Morgan fingerprint density at radius 2 is 1.85 bits per heavy atom. The van der Waals surface area contributed by atoms with Gasteiger partial charge in [-0.15, -0.1) is 0 Å². The van der Waals surface area contributed by atoms with Gasteiger partial charge in [-0.05, 0) is 30.3 Å². The highest BCUT2D eigenvalue weighted by Crippen LogP contribution is 2.13. The molecule has 0 atom stereocenters. The molecule has 0 heterocycles. The number of amidine groups is 1. The van der Waals surface area contributed by atoms with Gasteiger partial charge >= 0.3 is 5.97 Å². The molecule has 102 valence electrons. The van der Waals surface area contributed by atoms with Crippen molar-refractivity contribution >= 4 is 39.3 Å². The fraction of sp³-hybridized carbons (Fsp3) is 0. The number of hydrogen-bond acceptors (Lipinski definition) is 3. The van der Waals surface area contributed by atoms with Gasteiger partial charge in [0.25, 0.3) is 0 Å². The summed E-state index contributed by atoms with van der Waals surface area (Å²) in [5.74, 6) is -0.507. The van der Waals surface area contributed by atoms with Crippen LogP contribution < -0.4 is 5.73 Å². The Kier molecular flexibility index (Phi) is 4.76.